The fourth-order valence-corrected chi connectivity index (χ4v) is 1.62. The summed E-state index contributed by atoms with van der Waals surface area (Å²) >= 11 is 0. The van der Waals surface area contributed by atoms with E-state index >= 15 is 0 Å². The number of esters is 1. The lowest BCUT2D eigenvalue weighted by Gasteiger charge is -2.09. The van der Waals surface area contributed by atoms with Crippen LogP contribution >= 0.6 is 0 Å². The monoisotopic (exact) mass is 275 g/mol. The summed E-state index contributed by atoms with van der Waals surface area (Å²) in [6.45, 7) is 1.98. The first-order chi connectivity index (χ1) is 9.60. The van der Waals surface area contributed by atoms with E-state index < -0.39 is 5.97 Å². The summed E-state index contributed by atoms with van der Waals surface area (Å²) in [4.78, 5) is 11.7. The maximum absolute atomic E-state index is 12.8. The van der Waals surface area contributed by atoms with E-state index in [0.717, 1.165) is 0 Å². The van der Waals surface area contributed by atoms with Crippen LogP contribution in [0.5, 0.6) is 11.5 Å². The van der Waals surface area contributed by atoms with Crippen LogP contribution in [-0.2, 0) is 4.74 Å². The van der Waals surface area contributed by atoms with E-state index in [4.69, 9.17) is 15.2 Å². The van der Waals surface area contributed by atoms with Crippen LogP contribution in [0.15, 0.2) is 42.5 Å². The third-order valence-electron chi connectivity index (χ3n) is 2.57. The Kier molecular flexibility index (Phi) is 4.20. The Bertz CT molecular complexity index is 611. The number of rotatable bonds is 4. The van der Waals surface area contributed by atoms with Crippen molar-refractivity contribution >= 4 is 11.7 Å². The molecule has 0 aromatic heterocycles. The van der Waals surface area contributed by atoms with Gasteiger partial charge in [-0.15, -0.1) is 0 Å². The SMILES string of the molecule is CCOC(=O)c1cc(Oc2ccc(F)cc2)ccc1N. The molecule has 20 heavy (non-hydrogen) atoms. The van der Waals surface area contributed by atoms with Crippen molar-refractivity contribution in [2.24, 2.45) is 0 Å². The second-order valence-electron chi connectivity index (χ2n) is 4.03. The minimum atomic E-state index is -0.505. The Morgan fingerprint density at radius 3 is 2.45 bits per heavy atom. The molecule has 0 saturated carbocycles. The number of benzene rings is 2. The normalized spacial score (nSPS) is 10.1. The largest absolute Gasteiger partial charge is 0.462 e. The Labute approximate surface area is 115 Å². The maximum Gasteiger partial charge on any atom is 0.340 e. The molecule has 0 amide bonds. The van der Waals surface area contributed by atoms with Crippen molar-refractivity contribution in [1.29, 1.82) is 0 Å². The predicted octanol–water partition coefficient (Wildman–Crippen LogP) is 3.38. The zero-order valence-corrected chi connectivity index (χ0v) is 10.9. The number of ether oxygens (including phenoxy) is 2. The molecule has 2 rings (SSSR count). The Balaban J connectivity index is 2.22. The molecule has 4 nitrogen and oxygen atoms in total. The average molecular weight is 275 g/mol. The quantitative estimate of drug-likeness (QED) is 0.686. The van der Waals surface area contributed by atoms with Gasteiger partial charge >= 0.3 is 5.97 Å². The van der Waals surface area contributed by atoms with Crippen molar-refractivity contribution in [2.45, 2.75) is 6.92 Å². The van der Waals surface area contributed by atoms with Gasteiger partial charge in [-0.25, -0.2) is 9.18 Å². The average Bonchev–Trinajstić information content (AvgIpc) is 2.43. The summed E-state index contributed by atoms with van der Waals surface area (Å²) < 4.78 is 23.2. The fraction of sp³-hybridized carbons (Fsp3) is 0.133. The molecule has 5 heteroatoms. The van der Waals surface area contributed by atoms with Crippen LogP contribution in [0.2, 0.25) is 0 Å². The molecule has 0 atom stereocenters. The van der Waals surface area contributed by atoms with Gasteiger partial charge in [0, 0.05) is 5.69 Å². The molecular formula is C15H14FNO3. The minimum absolute atomic E-state index is 0.242. The molecule has 0 fully saturated rings. The number of anilines is 1. The van der Waals surface area contributed by atoms with E-state index in [9.17, 15) is 9.18 Å². The maximum atomic E-state index is 12.8. The van der Waals surface area contributed by atoms with Crippen LogP contribution in [0, 0.1) is 5.82 Å². The minimum Gasteiger partial charge on any atom is -0.462 e. The number of nitrogens with two attached hydrogens (primary N) is 1. The molecule has 0 aliphatic rings. The van der Waals surface area contributed by atoms with E-state index in [2.05, 4.69) is 0 Å². The highest BCUT2D eigenvalue weighted by molar-refractivity contribution is 5.95. The highest BCUT2D eigenvalue weighted by atomic mass is 19.1. The zero-order valence-electron chi connectivity index (χ0n) is 10.9. The number of halogens is 1. The van der Waals surface area contributed by atoms with Crippen LogP contribution in [0.25, 0.3) is 0 Å². The Hall–Kier alpha value is -2.56. The van der Waals surface area contributed by atoms with Gasteiger partial charge in [0.1, 0.15) is 17.3 Å². The zero-order chi connectivity index (χ0) is 14.5. The summed E-state index contributed by atoms with van der Waals surface area (Å²) in [5, 5.41) is 0. The molecule has 0 saturated heterocycles. The van der Waals surface area contributed by atoms with Crippen molar-refractivity contribution in [3.63, 3.8) is 0 Å². The van der Waals surface area contributed by atoms with Crippen LogP contribution in [0.4, 0.5) is 10.1 Å². The third-order valence-corrected chi connectivity index (χ3v) is 2.57. The van der Waals surface area contributed by atoms with E-state index in [-0.39, 0.29) is 18.0 Å². The van der Waals surface area contributed by atoms with Gasteiger partial charge in [-0.2, -0.15) is 0 Å². The van der Waals surface area contributed by atoms with Crippen molar-refractivity contribution < 1.29 is 18.7 Å². The molecule has 0 aliphatic heterocycles. The summed E-state index contributed by atoms with van der Waals surface area (Å²) in [7, 11) is 0. The number of hydrogen-bond donors (Lipinski definition) is 1. The second kappa shape index (κ2) is 6.06. The molecular weight excluding hydrogens is 261 g/mol. The van der Waals surface area contributed by atoms with E-state index in [0.29, 0.717) is 17.2 Å². The molecule has 0 bridgehead atoms. The standard InChI is InChI=1S/C15H14FNO3/c1-2-19-15(18)13-9-12(7-8-14(13)17)20-11-5-3-10(16)4-6-11/h3-9H,2,17H2,1H3. The Morgan fingerprint density at radius 1 is 1.15 bits per heavy atom. The van der Waals surface area contributed by atoms with Gasteiger partial charge in [-0.3, -0.25) is 0 Å². The first kappa shape index (κ1) is 13.9. The molecule has 2 aromatic rings. The number of hydrogen-bond acceptors (Lipinski definition) is 4. The van der Waals surface area contributed by atoms with Crippen LogP contribution in [-0.4, -0.2) is 12.6 Å². The first-order valence-electron chi connectivity index (χ1n) is 6.10. The highest BCUT2D eigenvalue weighted by Crippen LogP contribution is 2.25. The third kappa shape index (κ3) is 3.26. The van der Waals surface area contributed by atoms with Crippen LogP contribution in [0.1, 0.15) is 17.3 Å². The molecule has 0 unspecified atom stereocenters. The summed E-state index contributed by atoms with van der Waals surface area (Å²) in [5.74, 6) is 0.0382. The fourth-order valence-electron chi connectivity index (χ4n) is 1.62. The molecule has 104 valence electrons. The number of nitrogen functional groups attached to an aromatic ring is 1. The van der Waals surface area contributed by atoms with E-state index in [1.807, 2.05) is 0 Å². The van der Waals surface area contributed by atoms with Gasteiger partial charge in [0.05, 0.1) is 12.2 Å². The molecule has 2 N–H and O–H groups in total. The predicted molar refractivity (Wildman–Crippen MR) is 73.3 cm³/mol. The topological polar surface area (TPSA) is 61.5 Å². The van der Waals surface area contributed by atoms with Gasteiger partial charge in [0.15, 0.2) is 0 Å². The lowest BCUT2D eigenvalue weighted by Crippen LogP contribution is -2.08. The van der Waals surface area contributed by atoms with Gasteiger partial charge in [-0.05, 0) is 49.4 Å². The van der Waals surface area contributed by atoms with Gasteiger partial charge in [0.2, 0.25) is 0 Å². The van der Waals surface area contributed by atoms with Gasteiger partial charge in [-0.1, -0.05) is 0 Å². The van der Waals surface area contributed by atoms with Crippen molar-refractivity contribution in [2.75, 3.05) is 12.3 Å². The Morgan fingerprint density at radius 2 is 1.80 bits per heavy atom. The lowest BCUT2D eigenvalue weighted by atomic mass is 10.1. The summed E-state index contributed by atoms with van der Waals surface area (Å²) in [5.41, 5.74) is 6.28. The van der Waals surface area contributed by atoms with Crippen LogP contribution < -0.4 is 10.5 Å². The van der Waals surface area contributed by atoms with Crippen molar-refractivity contribution in [3.8, 4) is 11.5 Å². The molecule has 0 aliphatic carbocycles. The van der Waals surface area contributed by atoms with Gasteiger partial charge < -0.3 is 15.2 Å². The smallest absolute Gasteiger partial charge is 0.340 e. The van der Waals surface area contributed by atoms with Crippen molar-refractivity contribution in [1.82, 2.24) is 0 Å². The van der Waals surface area contributed by atoms with E-state index in [1.165, 1.54) is 30.3 Å². The summed E-state index contributed by atoms with van der Waals surface area (Å²) in [6.07, 6.45) is 0. The molecule has 0 spiro atoms. The second-order valence-corrected chi connectivity index (χ2v) is 4.03. The molecule has 2 aromatic carbocycles. The van der Waals surface area contributed by atoms with E-state index in [1.54, 1.807) is 19.1 Å². The molecule has 0 heterocycles. The highest BCUT2D eigenvalue weighted by Gasteiger charge is 2.12. The van der Waals surface area contributed by atoms with Gasteiger partial charge in [0.25, 0.3) is 0 Å². The lowest BCUT2D eigenvalue weighted by molar-refractivity contribution is 0.0527. The number of carbonyl (C=O) groups is 1. The summed E-state index contributed by atoms with van der Waals surface area (Å²) in [6, 6.07) is 10.3. The first-order valence-corrected chi connectivity index (χ1v) is 6.10. The molecule has 0 radical (unpaired) electrons. The van der Waals surface area contributed by atoms with Crippen LogP contribution in [0.3, 0.4) is 0 Å². The number of carbonyl (C=O) groups excluding carboxylic acids is 1. The van der Waals surface area contributed by atoms with Crippen molar-refractivity contribution in [3.05, 3.63) is 53.8 Å².